The summed E-state index contributed by atoms with van der Waals surface area (Å²) < 4.78 is 5.20. The number of methoxy groups -OCH3 is 1. The first-order valence-corrected chi connectivity index (χ1v) is 10.7. The summed E-state index contributed by atoms with van der Waals surface area (Å²) in [5.41, 5.74) is 2.22. The summed E-state index contributed by atoms with van der Waals surface area (Å²) in [7, 11) is 1.61. The Hall–Kier alpha value is -2.95. The molecule has 1 fully saturated rings. The lowest BCUT2D eigenvalue weighted by molar-refractivity contribution is -0.129. The molecule has 1 saturated carbocycles. The summed E-state index contributed by atoms with van der Waals surface area (Å²) in [6.07, 6.45) is 6.47. The lowest BCUT2D eigenvalue weighted by atomic mass is 9.85. The van der Waals surface area contributed by atoms with Crippen molar-refractivity contribution in [3.63, 3.8) is 0 Å². The van der Waals surface area contributed by atoms with Gasteiger partial charge in [-0.25, -0.2) is 0 Å². The number of aliphatic imine (C=N–C) groups is 1. The van der Waals surface area contributed by atoms with E-state index in [1.54, 1.807) is 19.4 Å². The number of fused-ring (bicyclic) bond motifs is 1. The van der Waals surface area contributed by atoms with Crippen LogP contribution in [-0.4, -0.2) is 36.1 Å². The predicted molar refractivity (Wildman–Crippen MR) is 117 cm³/mol. The summed E-state index contributed by atoms with van der Waals surface area (Å²) in [6, 6.07) is 15.1. The van der Waals surface area contributed by atoms with E-state index in [0.29, 0.717) is 11.5 Å². The number of amides is 2. The first-order valence-electron chi connectivity index (χ1n) is 10.7. The van der Waals surface area contributed by atoms with Crippen molar-refractivity contribution in [3.05, 3.63) is 65.2 Å². The second-order valence-corrected chi connectivity index (χ2v) is 8.27. The number of carbonyl (C=O) groups excluding carboxylic acids is 2. The maximum absolute atomic E-state index is 13.4. The number of benzene rings is 2. The Morgan fingerprint density at radius 3 is 2.53 bits per heavy atom. The van der Waals surface area contributed by atoms with E-state index in [0.717, 1.165) is 23.3 Å². The summed E-state index contributed by atoms with van der Waals surface area (Å²) in [6.45, 7) is 2.47. The first kappa shape index (κ1) is 20.3. The minimum Gasteiger partial charge on any atom is -0.497 e. The zero-order valence-corrected chi connectivity index (χ0v) is 17.6. The van der Waals surface area contributed by atoms with Gasteiger partial charge in [0.05, 0.1) is 25.6 Å². The fourth-order valence-electron chi connectivity index (χ4n) is 4.43. The smallest absolute Gasteiger partial charge is 0.261 e. The van der Waals surface area contributed by atoms with E-state index >= 15 is 0 Å². The molecule has 4 rings (SSSR count). The number of ether oxygens (including phenoxy) is 1. The Morgan fingerprint density at radius 1 is 1.07 bits per heavy atom. The topological polar surface area (TPSA) is 59.0 Å². The van der Waals surface area contributed by atoms with Gasteiger partial charge < -0.3 is 4.74 Å². The molecule has 2 amide bonds. The van der Waals surface area contributed by atoms with Gasteiger partial charge in [0.2, 0.25) is 5.91 Å². The van der Waals surface area contributed by atoms with E-state index < -0.39 is 5.92 Å². The Morgan fingerprint density at radius 2 is 1.80 bits per heavy atom. The van der Waals surface area contributed by atoms with Crippen LogP contribution in [0.4, 0.5) is 0 Å². The summed E-state index contributed by atoms with van der Waals surface area (Å²) >= 11 is 0. The van der Waals surface area contributed by atoms with E-state index in [9.17, 15) is 9.59 Å². The van der Waals surface area contributed by atoms with Crippen LogP contribution >= 0.6 is 0 Å². The van der Waals surface area contributed by atoms with Gasteiger partial charge in [-0.15, -0.1) is 0 Å². The Balaban J connectivity index is 1.62. The quantitative estimate of drug-likeness (QED) is 0.540. The van der Waals surface area contributed by atoms with Crippen molar-refractivity contribution in [2.75, 3.05) is 7.11 Å². The number of hydrogen-bond donors (Lipinski definition) is 0. The van der Waals surface area contributed by atoms with Crippen LogP contribution in [0.25, 0.3) is 0 Å². The van der Waals surface area contributed by atoms with Gasteiger partial charge in [-0.2, -0.15) is 0 Å². The van der Waals surface area contributed by atoms with Crippen LogP contribution in [-0.2, 0) is 11.3 Å². The van der Waals surface area contributed by atoms with E-state index in [1.165, 1.54) is 24.2 Å². The maximum Gasteiger partial charge on any atom is 0.261 e. The first-order chi connectivity index (χ1) is 14.6. The summed E-state index contributed by atoms with van der Waals surface area (Å²) in [5.74, 6) is 0.295. The highest BCUT2D eigenvalue weighted by atomic mass is 16.5. The third-order valence-corrected chi connectivity index (χ3v) is 6.30. The van der Waals surface area contributed by atoms with Gasteiger partial charge in [-0.3, -0.25) is 19.5 Å². The van der Waals surface area contributed by atoms with E-state index in [1.807, 2.05) is 42.5 Å². The molecule has 0 radical (unpaired) electrons. The molecule has 1 unspecified atom stereocenters. The van der Waals surface area contributed by atoms with E-state index in [4.69, 9.17) is 9.73 Å². The second kappa shape index (κ2) is 8.82. The highest BCUT2D eigenvalue weighted by Gasteiger charge is 2.38. The van der Waals surface area contributed by atoms with Crippen molar-refractivity contribution in [1.29, 1.82) is 0 Å². The van der Waals surface area contributed by atoms with Crippen molar-refractivity contribution in [1.82, 2.24) is 4.90 Å². The van der Waals surface area contributed by atoms with E-state index in [-0.39, 0.29) is 24.4 Å². The molecular weight excluding hydrogens is 376 g/mol. The fraction of sp³-hybridized carbons (Fsp3) is 0.400. The third kappa shape index (κ3) is 4.02. The predicted octanol–water partition coefficient (Wildman–Crippen LogP) is 4.61. The highest BCUT2D eigenvalue weighted by Crippen LogP contribution is 2.31. The Kier molecular flexibility index (Phi) is 5.98. The second-order valence-electron chi connectivity index (χ2n) is 8.27. The minimum atomic E-state index is -0.522. The summed E-state index contributed by atoms with van der Waals surface area (Å²) in [5, 5.41) is 0. The monoisotopic (exact) mass is 404 g/mol. The van der Waals surface area contributed by atoms with Crippen LogP contribution in [0.3, 0.4) is 0 Å². The molecule has 5 nitrogen and oxygen atoms in total. The fourth-order valence-corrected chi connectivity index (χ4v) is 4.43. The number of carbonyl (C=O) groups is 2. The van der Waals surface area contributed by atoms with Gasteiger partial charge in [0.15, 0.2) is 0 Å². The van der Waals surface area contributed by atoms with Gasteiger partial charge >= 0.3 is 0 Å². The van der Waals surface area contributed by atoms with Crippen LogP contribution in [0.2, 0.25) is 0 Å². The lowest BCUT2D eigenvalue weighted by Crippen LogP contribution is -2.44. The van der Waals surface area contributed by atoms with Crippen LogP contribution < -0.4 is 4.74 Å². The van der Waals surface area contributed by atoms with Crippen molar-refractivity contribution < 1.29 is 14.3 Å². The molecule has 0 N–H and O–H groups in total. The molecule has 1 aliphatic carbocycles. The average molecular weight is 405 g/mol. The average Bonchev–Trinajstić information content (AvgIpc) is 2.78. The summed E-state index contributed by atoms with van der Waals surface area (Å²) in [4.78, 5) is 32.6. The van der Waals surface area contributed by atoms with Gasteiger partial charge in [0, 0.05) is 11.8 Å². The van der Waals surface area contributed by atoms with Crippen LogP contribution in [0.1, 0.15) is 60.0 Å². The number of rotatable bonds is 5. The van der Waals surface area contributed by atoms with Crippen LogP contribution in [0, 0.1) is 5.92 Å². The van der Waals surface area contributed by atoms with Gasteiger partial charge in [0.1, 0.15) is 5.75 Å². The Labute approximate surface area is 177 Å². The third-order valence-electron chi connectivity index (χ3n) is 6.30. The molecule has 0 spiro atoms. The van der Waals surface area contributed by atoms with Gasteiger partial charge in [0.25, 0.3) is 5.91 Å². The number of imide groups is 1. The molecule has 30 heavy (non-hydrogen) atoms. The molecule has 2 aliphatic rings. The molecule has 1 aliphatic heterocycles. The van der Waals surface area contributed by atoms with Crippen LogP contribution in [0.5, 0.6) is 5.75 Å². The van der Waals surface area contributed by atoms with Gasteiger partial charge in [-0.05, 0) is 48.1 Å². The van der Waals surface area contributed by atoms with Crippen molar-refractivity contribution in [2.24, 2.45) is 10.9 Å². The Bertz CT molecular complexity index is 951. The molecule has 1 heterocycles. The number of nitrogens with zero attached hydrogens (tertiary/aromatic N) is 2. The molecule has 3 atom stereocenters. The van der Waals surface area contributed by atoms with Gasteiger partial charge in [-0.1, -0.05) is 50.1 Å². The highest BCUT2D eigenvalue weighted by molar-refractivity contribution is 6.16. The number of hydrogen-bond acceptors (Lipinski definition) is 4. The standard InChI is InChI=1S/C25H28N2O3/c1-17-7-3-6-10-23(17)26-15-22-20-8-4-5-9-21(20)24(28)27(25(22)29)16-18-11-13-19(30-2)14-12-18/h4-5,8-9,11-15,17,22-23H,3,6-7,10,16H2,1-2H3/t17-,22?,23-/m0/s1. The molecule has 2 aromatic rings. The molecule has 2 aromatic carbocycles. The minimum absolute atomic E-state index is 0.207. The molecule has 0 bridgehead atoms. The maximum atomic E-state index is 13.4. The molecular formula is C25H28N2O3. The molecule has 5 heteroatoms. The van der Waals surface area contributed by atoms with Crippen molar-refractivity contribution in [3.8, 4) is 5.75 Å². The SMILES string of the molecule is COc1ccc(CN2C(=O)c3ccccc3C(C=N[C@H]3CCCC[C@@H]3C)C2=O)cc1. The van der Waals surface area contributed by atoms with Crippen molar-refractivity contribution >= 4 is 18.0 Å². The zero-order valence-electron chi connectivity index (χ0n) is 17.6. The zero-order chi connectivity index (χ0) is 21.1. The van der Waals surface area contributed by atoms with Crippen LogP contribution in [0.15, 0.2) is 53.5 Å². The molecule has 0 saturated heterocycles. The molecule has 156 valence electrons. The van der Waals surface area contributed by atoms with Crippen molar-refractivity contribution in [2.45, 2.75) is 51.1 Å². The molecule has 0 aromatic heterocycles. The largest absolute Gasteiger partial charge is 0.497 e. The normalized spacial score (nSPS) is 24.2. The lowest BCUT2D eigenvalue weighted by Gasteiger charge is -2.32. The van der Waals surface area contributed by atoms with E-state index in [2.05, 4.69) is 6.92 Å².